The number of carbonyl (C=O) groups excluding carboxylic acids is 1. The maximum Gasteiger partial charge on any atom is 0.285 e. The largest absolute Gasteiger partial charge is 0.355 e. The molecule has 0 radical (unpaired) electrons. The minimum absolute atomic E-state index is 0.0382. The van der Waals surface area contributed by atoms with Crippen molar-refractivity contribution >= 4 is 27.5 Å². The van der Waals surface area contributed by atoms with Crippen molar-refractivity contribution in [3.05, 3.63) is 59.7 Å². The minimum Gasteiger partial charge on any atom is -0.355 e. The van der Waals surface area contributed by atoms with E-state index in [4.69, 9.17) is 0 Å². The Morgan fingerprint density at radius 1 is 1.15 bits per heavy atom. The second kappa shape index (κ2) is 6.81. The van der Waals surface area contributed by atoms with Gasteiger partial charge in [-0.05, 0) is 43.5 Å². The van der Waals surface area contributed by atoms with E-state index in [1.807, 2.05) is 42.2 Å². The number of hydrogen-bond donors (Lipinski definition) is 1. The quantitative estimate of drug-likeness (QED) is 0.865. The van der Waals surface area contributed by atoms with Gasteiger partial charge in [0.2, 0.25) is 5.91 Å². The second-order valence-electron chi connectivity index (χ2n) is 6.98. The molecule has 1 amide bonds. The maximum atomic E-state index is 12.8. The number of nitrogens with one attached hydrogen (secondary N) is 1. The van der Waals surface area contributed by atoms with Crippen LogP contribution in [0.2, 0.25) is 0 Å². The zero-order valence-electron chi connectivity index (χ0n) is 15.1. The molecule has 6 nitrogen and oxygen atoms in total. The van der Waals surface area contributed by atoms with Crippen LogP contribution in [0, 0.1) is 12.8 Å². The molecule has 2 aromatic carbocycles. The Bertz CT molecular complexity index is 1030. The van der Waals surface area contributed by atoms with Crippen molar-refractivity contribution in [3.8, 4) is 0 Å². The van der Waals surface area contributed by atoms with Crippen LogP contribution in [0.5, 0.6) is 0 Å². The fourth-order valence-corrected chi connectivity index (χ4v) is 4.88. The van der Waals surface area contributed by atoms with Crippen molar-refractivity contribution < 1.29 is 13.2 Å². The van der Waals surface area contributed by atoms with E-state index >= 15 is 0 Å². The number of para-hydroxylation sites is 1. The third-order valence-electron chi connectivity index (χ3n) is 5.11. The number of nitrogens with zero attached hydrogens (tertiary/aromatic N) is 2. The predicted octanol–water partition coefficient (Wildman–Crippen LogP) is 2.79. The second-order valence-corrected chi connectivity index (χ2v) is 8.55. The number of carbonyl (C=O) groups is 1. The average molecular weight is 383 g/mol. The smallest absolute Gasteiger partial charge is 0.285 e. The number of amides is 1. The Morgan fingerprint density at radius 2 is 1.89 bits per heavy atom. The summed E-state index contributed by atoms with van der Waals surface area (Å²) in [7, 11) is -3.65. The number of amidine groups is 1. The molecule has 0 aliphatic carbocycles. The lowest BCUT2D eigenvalue weighted by Gasteiger charge is -2.33. The van der Waals surface area contributed by atoms with Gasteiger partial charge >= 0.3 is 0 Å². The van der Waals surface area contributed by atoms with E-state index in [0.717, 1.165) is 24.1 Å². The Kier molecular flexibility index (Phi) is 4.47. The van der Waals surface area contributed by atoms with Crippen LogP contribution in [0.1, 0.15) is 24.0 Å². The van der Waals surface area contributed by atoms with Gasteiger partial charge < -0.3 is 10.2 Å². The maximum absolute atomic E-state index is 12.8. The van der Waals surface area contributed by atoms with E-state index in [2.05, 4.69) is 9.71 Å². The number of hydrogen-bond acceptors (Lipinski definition) is 4. The van der Waals surface area contributed by atoms with Crippen LogP contribution < -0.4 is 5.32 Å². The van der Waals surface area contributed by atoms with Crippen LogP contribution in [0.4, 0.5) is 5.69 Å². The number of likely N-dealkylation sites (tertiary alicyclic amines) is 1. The molecule has 1 atom stereocenters. The van der Waals surface area contributed by atoms with Crippen molar-refractivity contribution in [2.75, 3.05) is 18.4 Å². The molecule has 0 bridgehead atoms. The molecule has 2 aromatic rings. The monoisotopic (exact) mass is 383 g/mol. The Labute approximate surface area is 159 Å². The van der Waals surface area contributed by atoms with Crippen LogP contribution in [0.25, 0.3) is 0 Å². The molecule has 0 saturated carbocycles. The van der Waals surface area contributed by atoms with Crippen LogP contribution >= 0.6 is 0 Å². The lowest BCUT2D eigenvalue weighted by atomic mass is 9.96. The number of rotatable bonds is 2. The van der Waals surface area contributed by atoms with E-state index in [-0.39, 0.29) is 16.7 Å². The number of fused-ring (bicyclic) bond motifs is 1. The molecule has 2 aliphatic rings. The highest BCUT2D eigenvalue weighted by molar-refractivity contribution is 7.90. The lowest BCUT2D eigenvalue weighted by Crippen LogP contribution is -2.43. The molecule has 1 saturated heterocycles. The number of aryl methyl sites for hydroxylation is 1. The average Bonchev–Trinajstić information content (AvgIpc) is 2.95. The van der Waals surface area contributed by atoms with Gasteiger partial charge in [0.25, 0.3) is 10.0 Å². The minimum atomic E-state index is -3.65. The summed E-state index contributed by atoms with van der Waals surface area (Å²) in [6.45, 7) is 3.11. The number of piperidine rings is 1. The molecule has 0 spiro atoms. The molecule has 0 aromatic heterocycles. The summed E-state index contributed by atoms with van der Waals surface area (Å²) in [4.78, 5) is 14.9. The van der Waals surface area contributed by atoms with Gasteiger partial charge in [0.1, 0.15) is 4.90 Å². The highest BCUT2D eigenvalue weighted by Crippen LogP contribution is 2.30. The zero-order chi connectivity index (χ0) is 19.0. The Hall–Kier alpha value is -2.67. The molecule has 0 unspecified atom stereocenters. The van der Waals surface area contributed by atoms with E-state index in [1.54, 1.807) is 18.2 Å². The van der Waals surface area contributed by atoms with E-state index in [9.17, 15) is 13.2 Å². The normalized spacial score (nSPS) is 20.7. The first kappa shape index (κ1) is 17.7. The highest BCUT2D eigenvalue weighted by Gasteiger charge is 2.35. The molecule has 1 N–H and O–H groups in total. The first-order valence-corrected chi connectivity index (χ1v) is 10.5. The van der Waals surface area contributed by atoms with Crippen LogP contribution in [-0.2, 0) is 14.8 Å². The van der Waals surface area contributed by atoms with Crippen molar-refractivity contribution in [1.82, 2.24) is 4.90 Å². The van der Waals surface area contributed by atoms with Gasteiger partial charge in [-0.25, -0.2) is 0 Å². The molecule has 7 heteroatoms. The molecule has 4 rings (SSSR count). The fraction of sp³-hybridized carbons (Fsp3) is 0.300. The lowest BCUT2D eigenvalue weighted by molar-refractivity contribution is -0.121. The third-order valence-corrected chi connectivity index (χ3v) is 6.43. The van der Waals surface area contributed by atoms with Gasteiger partial charge in [0.05, 0.1) is 5.92 Å². The van der Waals surface area contributed by atoms with Crippen LogP contribution in [-0.4, -0.2) is 38.2 Å². The topological polar surface area (TPSA) is 78.8 Å². The number of sulfonamides is 1. The summed E-state index contributed by atoms with van der Waals surface area (Å²) in [5.74, 6) is 0.208. The fourth-order valence-electron chi connectivity index (χ4n) is 3.65. The van der Waals surface area contributed by atoms with Crippen LogP contribution in [0.15, 0.2) is 57.8 Å². The van der Waals surface area contributed by atoms with E-state index in [0.29, 0.717) is 24.5 Å². The Balaban J connectivity index is 1.54. The van der Waals surface area contributed by atoms with Crippen molar-refractivity contribution in [1.29, 1.82) is 0 Å². The van der Waals surface area contributed by atoms with Crippen molar-refractivity contribution in [3.63, 3.8) is 0 Å². The Morgan fingerprint density at radius 3 is 2.70 bits per heavy atom. The molecule has 27 heavy (non-hydrogen) atoms. The van der Waals surface area contributed by atoms with Crippen molar-refractivity contribution in [2.45, 2.75) is 24.7 Å². The first-order chi connectivity index (χ1) is 13.0. The van der Waals surface area contributed by atoms with Gasteiger partial charge in [-0.2, -0.15) is 8.42 Å². The van der Waals surface area contributed by atoms with Gasteiger partial charge in [0, 0.05) is 24.3 Å². The van der Waals surface area contributed by atoms with Gasteiger partial charge in [-0.1, -0.05) is 30.3 Å². The molecule has 140 valence electrons. The summed E-state index contributed by atoms with van der Waals surface area (Å²) in [6.07, 6.45) is 1.59. The zero-order valence-corrected chi connectivity index (χ0v) is 15.9. The van der Waals surface area contributed by atoms with Gasteiger partial charge in [0.15, 0.2) is 5.84 Å². The van der Waals surface area contributed by atoms with E-state index in [1.165, 1.54) is 0 Å². The van der Waals surface area contributed by atoms with E-state index < -0.39 is 10.0 Å². The molecular weight excluding hydrogens is 362 g/mol. The summed E-state index contributed by atoms with van der Waals surface area (Å²) in [5.41, 5.74) is 2.45. The van der Waals surface area contributed by atoms with Gasteiger partial charge in [-0.3, -0.25) is 4.79 Å². The third kappa shape index (κ3) is 3.35. The molecule has 2 aliphatic heterocycles. The molecular formula is C20H21N3O3S. The molecule has 2 heterocycles. The predicted molar refractivity (Wildman–Crippen MR) is 104 cm³/mol. The summed E-state index contributed by atoms with van der Waals surface area (Å²) >= 11 is 0. The number of anilines is 1. The number of benzene rings is 2. The summed E-state index contributed by atoms with van der Waals surface area (Å²) in [6, 6.07) is 14.5. The standard InChI is InChI=1S/C20H21N3O3S/c1-14-7-2-4-10-17(14)21-20(24)15-8-6-12-23(13-15)19-16-9-3-5-11-18(16)27(25,26)22-19/h2-5,7,9-11,15H,6,8,12-13H2,1H3,(H,21,24)/t15-/m0/s1. The highest BCUT2D eigenvalue weighted by atomic mass is 32.2. The SMILES string of the molecule is Cc1ccccc1NC(=O)[C@H]1CCCN(C2=NS(=O)(=O)c3ccccc32)C1. The van der Waals surface area contributed by atoms with Crippen molar-refractivity contribution in [2.24, 2.45) is 10.3 Å². The molecule has 1 fully saturated rings. The van der Waals surface area contributed by atoms with Crippen LogP contribution in [0.3, 0.4) is 0 Å². The first-order valence-electron chi connectivity index (χ1n) is 9.01. The summed E-state index contributed by atoms with van der Waals surface area (Å²) < 4.78 is 28.6. The van der Waals surface area contributed by atoms with Gasteiger partial charge in [-0.15, -0.1) is 4.40 Å². The summed E-state index contributed by atoms with van der Waals surface area (Å²) in [5, 5.41) is 3.00.